The van der Waals surface area contributed by atoms with Crippen molar-refractivity contribution in [2.45, 2.75) is 12.6 Å². The molecule has 0 bridgehead atoms. The van der Waals surface area contributed by atoms with Gasteiger partial charge in [-0.2, -0.15) is 13.2 Å². The van der Waals surface area contributed by atoms with Gasteiger partial charge in [-0.1, -0.05) is 0 Å². The number of rotatable bonds is 7. The second kappa shape index (κ2) is 9.10. The summed E-state index contributed by atoms with van der Waals surface area (Å²) in [5, 5.41) is 2.63. The second-order valence-corrected chi connectivity index (χ2v) is 7.47. The number of fused-ring (bicyclic) bond motifs is 1. The molecule has 0 aliphatic rings. The minimum absolute atomic E-state index is 0.0795. The number of hydrogen-bond donors (Lipinski definition) is 2. The number of ether oxygens (including phenoxy) is 1. The number of benzene rings is 2. The number of nitrogens with zero attached hydrogens (tertiary/aromatic N) is 3. The van der Waals surface area contributed by atoms with Crippen LogP contribution < -0.4 is 15.8 Å². The van der Waals surface area contributed by atoms with Crippen molar-refractivity contribution < 1.29 is 27.1 Å². The normalized spacial score (nSPS) is 11.6. The van der Waals surface area contributed by atoms with E-state index in [1.54, 1.807) is 41.9 Å². The molecule has 7 nitrogen and oxygen atoms in total. The van der Waals surface area contributed by atoms with Gasteiger partial charge in [-0.05, 0) is 36.4 Å². The van der Waals surface area contributed by atoms with Gasteiger partial charge in [0.1, 0.15) is 17.3 Å². The molecule has 4 aromatic rings. The molecule has 0 aliphatic carbocycles. The average Bonchev–Trinajstić information content (AvgIpc) is 3.09. The number of anilines is 2. The Kier molecular flexibility index (Phi) is 6.20. The Balaban J connectivity index is 1.59. The van der Waals surface area contributed by atoms with Crippen LogP contribution >= 0.6 is 0 Å². The lowest BCUT2D eigenvalue weighted by Crippen LogP contribution is -2.16. The van der Waals surface area contributed by atoms with E-state index in [2.05, 4.69) is 15.3 Å². The second-order valence-electron chi connectivity index (χ2n) is 7.47. The Morgan fingerprint density at radius 3 is 2.62 bits per heavy atom. The van der Waals surface area contributed by atoms with E-state index in [0.717, 1.165) is 6.07 Å². The number of halogens is 4. The Bertz CT molecular complexity index is 1370. The summed E-state index contributed by atoms with van der Waals surface area (Å²) in [4.78, 5) is 20.0. The molecular weight excluding hydrogens is 454 g/mol. The van der Waals surface area contributed by atoms with E-state index in [1.807, 2.05) is 0 Å². The van der Waals surface area contributed by atoms with E-state index >= 15 is 0 Å². The number of aromatic nitrogens is 3. The third-order valence-electron chi connectivity index (χ3n) is 5.02. The van der Waals surface area contributed by atoms with E-state index in [0.29, 0.717) is 40.4 Å². The molecule has 0 unspecified atom stereocenters. The van der Waals surface area contributed by atoms with Crippen molar-refractivity contribution in [2.75, 3.05) is 11.9 Å². The van der Waals surface area contributed by atoms with E-state index in [1.165, 1.54) is 6.20 Å². The molecule has 2 aromatic heterocycles. The molecule has 2 heterocycles. The highest BCUT2D eigenvalue weighted by atomic mass is 19.4. The van der Waals surface area contributed by atoms with Crippen LogP contribution in [0.25, 0.3) is 11.0 Å². The fourth-order valence-corrected chi connectivity index (χ4v) is 3.30. The number of carbonyl (C=O) groups is 1. The van der Waals surface area contributed by atoms with Crippen molar-refractivity contribution in [1.82, 2.24) is 14.5 Å². The molecular formula is C23H19F4N5O2. The first-order valence-corrected chi connectivity index (χ1v) is 10.1. The zero-order valence-corrected chi connectivity index (χ0v) is 17.9. The highest BCUT2D eigenvalue weighted by Gasteiger charge is 2.31. The molecule has 34 heavy (non-hydrogen) atoms. The predicted molar refractivity (Wildman–Crippen MR) is 117 cm³/mol. The van der Waals surface area contributed by atoms with Gasteiger partial charge in [-0.3, -0.25) is 9.78 Å². The molecule has 0 aliphatic heterocycles. The number of nitrogens with one attached hydrogen (secondary N) is 1. The van der Waals surface area contributed by atoms with E-state index in [4.69, 9.17) is 10.5 Å². The Hall–Kier alpha value is -3.99. The molecule has 0 radical (unpaired) electrons. The van der Waals surface area contributed by atoms with E-state index < -0.39 is 17.6 Å². The minimum atomic E-state index is -4.60. The molecule has 0 saturated heterocycles. The quantitative estimate of drug-likeness (QED) is 0.377. The van der Waals surface area contributed by atoms with Gasteiger partial charge in [0.15, 0.2) is 5.78 Å². The van der Waals surface area contributed by atoms with Crippen LogP contribution in [0.4, 0.5) is 29.2 Å². The molecule has 176 valence electrons. The van der Waals surface area contributed by atoms with Crippen LogP contribution in [0.3, 0.4) is 0 Å². The van der Waals surface area contributed by atoms with Crippen molar-refractivity contribution in [3.63, 3.8) is 0 Å². The molecule has 0 atom stereocenters. The third kappa shape index (κ3) is 4.99. The number of aryl methyl sites for hydroxylation is 1. The number of nitrogens with two attached hydrogens (primary N) is 1. The van der Waals surface area contributed by atoms with Crippen LogP contribution in [0.15, 0.2) is 54.7 Å². The number of carbonyl (C=O) groups excluding carboxylic acids is 1. The van der Waals surface area contributed by atoms with Crippen LogP contribution in [0.1, 0.15) is 11.3 Å². The van der Waals surface area contributed by atoms with Crippen molar-refractivity contribution in [3.8, 4) is 11.5 Å². The standard InChI is InChI=1S/C23H19F4N5O2/c1-32-21-5-3-16(34-17-6-7-29-14(10-17)9-15(33)12-28)11-20(21)31-22(32)30-19-8-13(23(25,26)27)2-4-18(19)24/h2-8,10-11H,9,12,28H2,1H3,(H,30,31). The summed E-state index contributed by atoms with van der Waals surface area (Å²) in [5.41, 5.74) is 5.65. The number of ketones is 1. The van der Waals surface area contributed by atoms with Gasteiger partial charge < -0.3 is 20.4 Å². The average molecular weight is 473 g/mol. The molecule has 4 rings (SSSR count). The van der Waals surface area contributed by atoms with Crippen LogP contribution in [-0.4, -0.2) is 26.9 Å². The minimum Gasteiger partial charge on any atom is -0.457 e. The maximum Gasteiger partial charge on any atom is 0.416 e. The van der Waals surface area contributed by atoms with Gasteiger partial charge in [-0.25, -0.2) is 9.37 Å². The van der Waals surface area contributed by atoms with Crippen LogP contribution in [0, 0.1) is 5.82 Å². The molecule has 3 N–H and O–H groups in total. The first kappa shape index (κ1) is 23.2. The predicted octanol–water partition coefficient (Wildman–Crippen LogP) is 4.73. The third-order valence-corrected chi connectivity index (χ3v) is 5.02. The molecule has 2 aromatic carbocycles. The smallest absolute Gasteiger partial charge is 0.416 e. The molecule has 11 heteroatoms. The molecule has 0 spiro atoms. The SMILES string of the molecule is Cn1c(Nc2cc(C(F)(F)F)ccc2F)nc2cc(Oc3ccnc(CC(=O)CN)c3)ccc21. The summed E-state index contributed by atoms with van der Waals surface area (Å²) < 4.78 is 60.6. The Morgan fingerprint density at radius 2 is 1.88 bits per heavy atom. The maximum absolute atomic E-state index is 14.2. The fourth-order valence-electron chi connectivity index (χ4n) is 3.30. The Labute approximate surface area is 191 Å². The van der Waals surface area contributed by atoms with Crippen LogP contribution in [0.5, 0.6) is 11.5 Å². The summed E-state index contributed by atoms with van der Waals surface area (Å²) in [6.45, 7) is -0.0795. The monoisotopic (exact) mass is 473 g/mol. The number of alkyl halides is 3. The van der Waals surface area contributed by atoms with Crippen molar-refractivity contribution in [2.24, 2.45) is 12.8 Å². The summed E-state index contributed by atoms with van der Waals surface area (Å²) in [6.07, 6.45) is -3.00. The number of pyridine rings is 1. The highest BCUT2D eigenvalue weighted by molar-refractivity contribution is 5.82. The maximum atomic E-state index is 14.2. The van der Waals surface area contributed by atoms with Gasteiger partial charge in [0.25, 0.3) is 0 Å². The first-order chi connectivity index (χ1) is 16.1. The van der Waals surface area contributed by atoms with E-state index in [9.17, 15) is 22.4 Å². The summed E-state index contributed by atoms with van der Waals surface area (Å²) >= 11 is 0. The number of imidazole rings is 1. The van der Waals surface area contributed by atoms with Crippen molar-refractivity contribution in [1.29, 1.82) is 0 Å². The van der Waals surface area contributed by atoms with Gasteiger partial charge >= 0.3 is 6.18 Å². The summed E-state index contributed by atoms with van der Waals surface area (Å²) in [5.74, 6) is 0.0403. The molecule has 0 saturated carbocycles. The van der Waals surface area contributed by atoms with Gasteiger partial charge in [0.05, 0.1) is 40.9 Å². The molecule has 0 amide bonds. The fraction of sp³-hybridized carbons (Fsp3) is 0.174. The summed E-state index contributed by atoms with van der Waals surface area (Å²) in [7, 11) is 1.65. The zero-order valence-electron chi connectivity index (χ0n) is 17.9. The highest BCUT2D eigenvalue weighted by Crippen LogP contribution is 2.33. The van der Waals surface area contributed by atoms with Crippen molar-refractivity contribution in [3.05, 3.63) is 71.8 Å². The summed E-state index contributed by atoms with van der Waals surface area (Å²) in [6, 6.07) is 10.4. The lowest BCUT2D eigenvalue weighted by atomic mass is 10.2. The first-order valence-electron chi connectivity index (χ1n) is 10.1. The number of Topliss-reactive ketones (excluding diaryl/α,β-unsaturated/α-hetero) is 1. The van der Waals surface area contributed by atoms with Gasteiger partial charge in [0, 0.05) is 25.4 Å². The molecule has 0 fully saturated rings. The van der Waals surface area contributed by atoms with Gasteiger partial charge in [-0.15, -0.1) is 0 Å². The topological polar surface area (TPSA) is 95.1 Å². The lowest BCUT2D eigenvalue weighted by Gasteiger charge is -2.11. The van der Waals surface area contributed by atoms with E-state index in [-0.39, 0.29) is 30.4 Å². The Morgan fingerprint density at radius 1 is 1.12 bits per heavy atom. The van der Waals surface area contributed by atoms with Crippen LogP contribution in [-0.2, 0) is 24.4 Å². The largest absolute Gasteiger partial charge is 0.457 e. The zero-order chi connectivity index (χ0) is 24.5. The van der Waals surface area contributed by atoms with Gasteiger partial charge in [0.2, 0.25) is 5.95 Å². The van der Waals surface area contributed by atoms with Crippen LogP contribution in [0.2, 0.25) is 0 Å². The van der Waals surface area contributed by atoms with Crippen molar-refractivity contribution >= 4 is 28.5 Å². The number of hydrogen-bond acceptors (Lipinski definition) is 6. The lowest BCUT2D eigenvalue weighted by molar-refractivity contribution is -0.137.